The Balaban J connectivity index is 1.82. The zero-order valence-electron chi connectivity index (χ0n) is 13.3. The molecule has 2 aromatic heterocycles. The van der Waals surface area contributed by atoms with Gasteiger partial charge in [-0.1, -0.05) is 6.07 Å². The SMILES string of the molecule is Cc1ccc2nc(CN3CCCC(C(C)N)C3)cc(=O)n2c1. The number of hydrogen-bond donors (Lipinski definition) is 1. The number of likely N-dealkylation sites (tertiary alicyclic amines) is 1. The van der Waals surface area contributed by atoms with Gasteiger partial charge in [-0.05, 0) is 50.8 Å². The molecule has 0 aromatic carbocycles. The summed E-state index contributed by atoms with van der Waals surface area (Å²) >= 11 is 0. The first kappa shape index (κ1) is 15.2. The van der Waals surface area contributed by atoms with Crippen molar-refractivity contribution in [1.82, 2.24) is 14.3 Å². The summed E-state index contributed by atoms with van der Waals surface area (Å²) in [4.78, 5) is 19.2. The van der Waals surface area contributed by atoms with E-state index in [4.69, 9.17) is 5.73 Å². The van der Waals surface area contributed by atoms with E-state index in [-0.39, 0.29) is 11.6 Å². The Labute approximate surface area is 130 Å². The summed E-state index contributed by atoms with van der Waals surface area (Å²) in [7, 11) is 0. The average Bonchev–Trinajstić information content (AvgIpc) is 2.48. The van der Waals surface area contributed by atoms with E-state index in [1.54, 1.807) is 10.5 Å². The van der Waals surface area contributed by atoms with Crippen LogP contribution in [-0.2, 0) is 6.54 Å². The maximum atomic E-state index is 12.3. The van der Waals surface area contributed by atoms with Crippen LogP contribution >= 0.6 is 0 Å². The van der Waals surface area contributed by atoms with Crippen LogP contribution in [0.5, 0.6) is 0 Å². The molecule has 22 heavy (non-hydrogen) atoms. The summed E-state index contributed by atoms with van der Waals surface area (Å²) in [5.74, 6) is 0.540. The van der Waals surface area contributed by atoms with Crippen LogP contribution in [0.15, 0.2) is 29.2 Å². The minimum absolute atomic E-state index is 0.00977. The quantitative estimate of drug-likeness (QED) is 0.934. The van der Waals surface area contributed by atoms with Crippen molar-refractivity contribution in [3.8, 4) is 0 Å². The molecule has 2 aromatic rings. The van der Waals surface area contributed by atoms with E-state index in [0.717, 1.165) is 37.3 Å². The molecule has 1 fully saturated rings. The minimum Gasteiger partial charge on any atom is -0.328 e. The van der Waals surface area contributed by atoms with E-state index < -0.39 is 0 Å². The van der Waals surface area contributed by atoms with Gasteiger partial charge in [-0.15, -0.1) is 0 Å². The first-order chi connectivity index (χ1) is 10.5. The Kier molecular flexibility index (Phi) is 4.27. The topological polar surface area (TPSA) is 63.6 Å². The molecule has 118 valence electrons. The Bertz CT molecular complexity index is 722. The number of rotatable bonds is 3. The van der Waals surface area contributed by atoms with Gasteiger partial charge in [0.2, 0.25) is 0 Å². The highest BCUT2D eigenvalue weighted by molar-refractivity contribution is 5.39. The van der Waals surface area contributed by atoms with Crippen LogP contribution in [0.1, 0.15) is 31.0 Å². The molecule has 5 nitrogen and oxygen atoms in total. The van der Waals surface area contributed by atoms with Crippen molar-refractivity contribution in [2.24, 2.45) is 11.7 Å². The summed E-state index contributed by atoms with van der Waals surface area (Å²) in [6.45, 7) is 6.83. The van der Waals surface area contributed by atoms with Gasteiger partial charge in [0, 0.05) is 31.4 Å². The van der Waals surface area contributed by atoms with Gasteiger partial charge in [-0.2, -0.15) is 0 Å². The Hall–Kier alpha value is -1.72. The zero-order chi connectivity index (χ0) is 15.7. The van der Waals surface area contributed by atoms with E-state index in [9.17, 15) is 4.79 Å². The van der Waals surface area contributed by atoms with Crippen LogP contribution in [0.4, 0.5) is 0 Å². The van der Waals surface area contributed by atoms with E-state index in [1.807, 2.05) is 25.3 Å². The molecule has 0 saturated carbocycles. The molecule has 2 N–H and O–H groups in total. The highest BCUT2D eigenvalue weighted by Crippen LogP contribution is 2.20. The lowest BCUT2D eigenvalue weighted by Crippen LogP contribution is -2.42. The molecule has 1 aliphatic rings. The molecule has 0 aliphatic carbocycles. The van der Waals surface area contributed by atoms with E-state index in [0.29, 0.717) is 11.6 Å². The number of aryl methyl sites for hydroxylation is 1. The minimum atomic E-state index is -0.00977. The van der Waals surface area contributed by atoms with E-state index in [1.165, 1.54) is 6.42 Å². The number of piperidine rings is 1. The van der Waals surface area contributed by atoms with Crippen LogP contribution in [0.2, 0.25) is 0 Å². The van der Waals surface area contributed by atoms with Gasteiger partial charge in [-0.3, -0.25) is 14.1 Å². The fraction of sp³-hybridized carbons (Fsp3) is 0.529. The lowest BCUT2D eigenvalue weighted by Gasteiger charge is -2.34. The van der Waals surface area contributed by atoms with Gasteiger partial charge >= 0.3 is 0 Å². The van der Waals surface area contributed by atoms with Crippen molar-refractivity contribution < 1.29 is 0 Å². The fourth-order valence-electron chi connectivity index (χ4n) is 3.23. The summed E-state index contributed by atoms with van der Waals surface area (Å²) in [6, 6.07) is 5.77. The summed E-state index contributed by atoms with van der Waals surface area (Å²) in [6.07, 6.45) is 4.20. The molecule has 0 bridgehead atoms. The van der Waals surface area contributed by atoms with Crippen molar-refractivity contribution in [2.45, 2.75) is 39.3 Å². The van der Waals surface area contributed by atoms with Gasteiger partial charge < -0.3 is 5.73 Å². The standard InChI is InChI=1S/C17H24N4O/c1-12-5-6-16-19-15(8-17(22)21(16)9-12)11-20-7-3-4-14(10-20)13(2)18/h5-6,8-9,13-14H,3-4,7,10-11,18H2,1-2H3. The van der Waals surface area contributed by atoms with Gasteiger partial charge in [0.25, 0.3) is 5.56 Å². The third kappa shape index (κ3) is 3.20. The third-order valence-corrected chi connectivity index (χ3v) is 4.53. The van der Waals surface area contributed by atoms with Gasteiger partial charge in [0.15, 0.2) is 0 Å². The highest BCUT2D eigenvalue weighted by Gasteiger charge is 2.23. The number of nitrogens with two attached hydrogens (primary N) is 1. The molecular weight excluding hydrogens is 276 g/mol. The molecule has 3 rings (SSSR count). The molecule has 2 atom stereocenters. The molecule has 2 unspecified atom stereocenters. The Morgan fingerprint density at radius 3 is 3.05 bits per heavy atom. The van der Waals surface area contributed by atoms with Crippen molar-refractivity contribution >= 4 is 5.65 Å². The maximum Gasteiger partial charge on any atom is 0.258 e. The second-order valence-electron chi connectivity index (χ2n) is 6.52. The predicted octanol–water partition coefficient (Wildman–Crippen LogP) is 1.56. The highest BCUT2D eigenvalue weighted by atomic mass is 16.1. The molecular formula is C17H24N4O. The third-order valence-electron chi connectivity index (χ3n) is 4.53. The monoisotopic (exact) mass is 300 g/mol. The van der Waals surface area contributed by atoms with E-state index >= 15 is 0 Å². The van der Waals surface area contributed by atoms with Gasteiger partial charge in [0.1, 0.15) is 5.65 Å². The molecule has 0 radical (unpaired) electrons. The largest absolute Gasteiger partial charge is 0.328 e. The van der Waals surface area contributed by atoms with Crippen molar-refractivity contribution in [3.05, 3.63) is 46.0 Å². The van der Waals surface area contributed by atoms with Gasteiger partial charge in [0.05, 0.1) is 5.69 Å². The van der Waals surface area contributed by atoms with Crippen LogP contribution < -0.4 is 11.3 Å². The van der Waals surface area contributed by atoms with Crippen LogP contribution in [0.25, 0.3) is 5.65 Å². The van der Waals surface area contributed by atoms with Crippen molar-refractivity contribution in [1.29, 1.82) is 0 Å². The van der Waals surface area contributed by atoms with Crippen LogP contribution in [0.3, 0.4) is 0 Å². The van der Waals surface area contributed by atoms with Crippen LogP contribution in [0, 0.1) is 12.8 Å². The molecule has 1 saturated heterocycles. The average molecular weight is 300 g/mol. The number of hydrogen-bond acceptors (Lipinski definition) is 4. The first-order valence-corrected chi connectivity index (χ1v) is 8.00. The summed E-state index contributed by atoms with van der Waals surface area (Å²) in [5.41, 5.74) is 8.65. The summed E-state index contributed by atoms with van der Waals surface area (Å²) in [5, 5.41) is 0. The Morgan fingerprint density at radius 2 is 2.27 bits per heavy atom. The second kappa shape index (κ2) is 6.18. The molecule has 0 spiro atoms. The van der Waals surface area contributed by atoms with Crippen molar-refractivity contribution in [3.63, 3.8) is 0 Å². The normalized spacial score (nSPS) is 21.1. The second-order valence-corrected chi connectivity index (χ2v) is 6.52. The number of fused-ring (bicyclic) bond motifs is 1. The number of pyridine rings is 1. The van der Waals surface area contributed by atoms with Crippen LogP contribution in [-0.4, -0.2) is 33.4 Å². The number of aromatic nitrogens is 2. The lowest BCUT2D eigenvalue weighted by atomic mass is 9.92. The molecule has 1 aliphatic heterocycles. The smallest absolute Gasteiger partial charge is 0.258 e. The summed E-state index contributed by atoms with van der Waals surface area (Å²) < 4.78 is 1.61. The molecule has 5 heteroatoms. The molecule has 0 amide bonds. The maximum absolute atomic E-state index is 12.3. The van der Waals surface area contributed by atoms with Gasteiger partial charge in [-0.25, -0.2) is 4.98 Å². The predicted molar refractivity (Wildman–Crippen MR) is 87.8 cm³/mol. The lowest BCUT2D eigenvalue weighted by molar-refractivity contribution is 0.153. The van der Waals surface area contributed by atoms with Crippen molar-refractivity contribution in [2.75, 3.05) is 13.1 Å². The first-order valence-electron chi connectivity index (χ1n) is 8.00. The Morgan fingerprint density at radius 1 is 1.45 bits per heavy atom. The number of nitrogens with zero attached hydrogens (tertiary/aromatic N) is 3. The fourth-order valence-corrected chi connectivity index (χ4v) is 3.23. The zero-order valence-corrected chi connectivity index (χ0v) is 13.3. The molecule has 3 heterocycles. The van der Waals surface area contributed by atoms with E-state index in [2.05, 4.69) is 16.8 Å².